The molecule has 0 atom stereocenters. The van der Waals surface area contributed by atoms with Gasteiger partial charge < -0.3 is 5.73 Å². The van der Waals surface area contributed by atoms with Crippen LogP contribution in [0.4, 0.5) is 0 Å². The van der Waals surface area contributed by atoms with Crippen molar-refractivity contribution in [1.29, 1.82) is 0 Å². The lowest BCUT2D eigenvalue weighted by molar-refractivity contribution is 0.346. The third-order valence-electron chi connectivity index (χ3n) is 3.97. The van der Waals surface area contributed by atoms with Gasteiger partial charge in [-0.25, -0.2) is 4.98 Å². The number of hydrogen-bond acceptors (Lipinski definition) is 3. The summed E-state index contributed by atoms with van der Waals surface area (Å²) in [4.78, 5) is 6.23. The van der Waals surface area contributed by atoms with Crippen LogP contribution in [-0.2, 0) is 12.0 Å². The molecule has 0 aliphatic heterocycles. The Hall–Kier alpha value is -0.410. The zero-order valence-corrected chi connectivity index (χ0v) is 12.9. The monoisotopic (exact) mass is 266 g/mol. The van der Waals surface area contributed by atoms with Crippen molar-refractivity contribution in [2.75, 3.05) is 0 Å². The molecule has 0 radical (unpaired) electrons. The van der Waals surface area contributed by atoms with Gasteiger partial charge in [-0.3, -0.25) is 0 Å². The van der Waals surface area contributed by atoms with Crippen molar-refractivity contribution < 1.29 is 0 Å². The molecule has 0 bridgehead atoms. The Morgan fingerprint density at radius 2 is 1.83 bits per heavy atom. The van der Waals surface area contributed by atoms with E-state index in [1.54, 1.807) is 0 Å². The molecule has 1 aliphatic rings. The summed E-state index contributed by atoms with van der Waals surface area (Å²) in [5.74, 6) is 1.59. The highest BCUT2D eigenvalue weighted by atomic mass is 32.1. The average Bonchev–Trinajstić information content (AvgIpc) is 2.73. The molecular formula is C15H26N2S. The molecule has 1 fully saturated rings. The van der Waals surface area contributed by atoms with Crippen molar-refractivity contribution in [3.63, 3.8) is 0 Å². The van der Waals surface area contributed by atoms with Gasteiger partial charge >= 0.3 is 0 Å². The molecule has 102 valence electrons. The molecule has 0 unspecified atom stereocenters. The SMILES string of the molecule is CC1CCC(c2nc(C(C)(C)C)c(CN)s2)CC1. The fourth-order valence-electron chi connectivity index (χ4n) is 2.78. The molecule has 2 nitrogen and oxygen atoms in total. The van der Waals surface area contributed by atoms with Crippen LogP contribution in [0.5, 0.6) is 0 Å². The van der Waals surface area contributed by atoms with Crippen molar-refractivity contribution in [3.8, 4) is 0 Å². The molecule has 1 heterocycles. The van der Waals surface area contributed by atoms with E-state index < -0.39 is 0 Å². The maximum atomic E-state index is 5.88. The third kappa shape index (κ3) is 2.94. The quantitative estimate of drug-likeness (QED) is 0.871. The van der Waals surface area contributed by atoms with Crippen LogP contribution in [0.2, 0.25) is 0 Å². The first-order chi connectivity index (χ1) is 8.41. The first kappa shape index (κ1) is 14.0. The molecule has 1 aromatic rings. The van der Waals surface area contributed by atoms with Crippen LogP contribution in [0.25, 0.3) is 0 Å². The number of nitrogens with zero attached hydrogens (tertiary/aromatic N) is 1. The number of hydrogen-bond donors (Lipinski definition) is 1. The second-order valence-corrected chi connectivity index (χ2v) is 7.85. The maximum Gasteiger partial charge on any atom is 0.0962 e. The summed E-state index contributed by atoms with van der Waals surface area (Å²) in [7, 11) is 0. The molecule has 1 aliphatic carbocycles. The van der Waals surface area contributed by atoms with Crippen LogP contribution in [-0.4, -0.2) is 4.98 Å². The summed E-state index contributed by atoms with van der Waals surface area (Å²) in [6.45, 7) is 9.69. The first-order valence-corrected chi connectivity index (χ1v) is 7.93. The zero-order chi connectivity index (χ0) is 13.3. The molecule has 0 aromatic carbocycles. The summed E-state index contributed by atoms with van der Waals surface area (Å²) in [5, 5.41) is 1.34. The fraction of sp³-hybridized carbons (Fsp3) is 0.800. The van der Waals surface area contributed by atoms with E-state index in [0.717, 1.165) is 5.92 Å². The number of aromatic nitrogens is 1. The van der Waals surface area contributed by atoms with Gasteiger partial charge in [0.2, 0.25) is 0 Å². The molecule has 1 aromatic heterocycles. The Morgan fingerprint density at radius 1 is 1.22 bits per heavy atom. The molecular weight excluding hydrogens is 240 g/mol. The second-order valence-electron chi connectivity index (χ2n) is 6.73. The van der Waals surface area contributed by atoms with E-state index in [1.165, 1.54) is 41.3 Å². The minimum absolute atomic E-state index is 0.116. The summed E-state index contributed by atoms with van der Waals surface area (Å²) in [6, 6.07) is 0. The normalized spacial score (nSPS) is 25.4. The van der Waals surface area contributed by atoms with Crippen molar-refractivity contribution in [3.05, 3.63) is 15.6 Å². The molecule has 0 amide bonds. The molecule has 1 saturated carbocycles. The number of thiazole rings is 1. The third-order valence-corrected chi connectivity index (χ3v) is 5.21. The van der Waals surface area contributed by atoms with Crippen LogP contribution < -0.4 is 5.73 Å². The van der Waals surface area contributed by atoms with Gasteiger partial charge in [-0.2, -0.15) is 0 Å². The second kappa shape index (κ2) is 5.30. The van der Waals surface area contributed by atoms with E-state index in [1.807, 2.05) is 11.3 Å². The lowest BCUT2D eigenvalue weighted by Crippen LogP contribution is -2.16. The zero-order valence-electron chi connectivity index (χ0n) is 12.1. The van der Waals surface area contributed by atoms with Gasteiger partial charge in [-0.1, -0.05) is 40.5 Å². The van der Waals surface area contributed by atoms with E-state index in [2.05, 4.69) is 27.7 Å². The van der Waals surface area contributed by atoms with E-state index in [4.69, 9.17) is 10.7 Å². The van der Waals surface area contributed by atoms with Gasteiger partial charge in [-0.15, -0.1) is 11.3 Å². The van der Waals surface area contributed by atoms with Crippen LogP contribution in [0.1, 0.15) is 74.9 Å². The highest BCUT2D eigenvalue weighted by Gasteiger charge is 2.27. The van der Waals surface area contributed by atoms with E-state index in [9.17, 15) is 0 Å². The van der Waals surface area contributed by atoms with E-state index >= 15 is 0 Å². The predicted molar refractivity (Wildman–Crippen MR) is 79.1 cm³/mol. The van der Waals surface area contributed by atoms with Crippen LogP contribution in [0, 0.1) is 5.92 Å². The topological polar surface area (TPSA) is 38.9 Å². The molecule has 0 spiro atoms. The first-order valence-electron chi connectivity index (χ1n) is 7.12. The lowest BCUT2D eigenvalue weighted by atomic mass is 9.83. The minimum atomic E-state index is 0.116. The van der Waals surface area contributed by atoms with Gasteiger partial charge in [-0.05, 0) is 18.8 Å². The van der Waals surface area contributed by atoms with Gasteiger partial charge in [0, 0.05) is 22.8 Å². The summed E-state index contributed by atoms with van der Waals surface area (Å²) < 4.78 is 0. The van der Waals surface area contributed by atoms with Gasteiger partial charge in [0.1, 0.15) is 0 Å². The Balaban J connectivity index is 2.22. The van der Waals surface area contributed by atoms with Gasteiger partial charge in [0.05, 0.1) is 10.7 Å². The largest absolute Gasteiger partial charge is 0.326 e. The van der Waals surface area contributed by atoms with E-state index in [0.29, 0.717) is 12.5 Å². The Kier molecular flexibility index (Phi) is 4.12. The highest BCUT2D eigenvalue weighted by Crippen LogP contribution is 2.39. The molecule has 3 heteroatoms. The molecule has 0 saturated heterocycles. The van der Waals surface area contributed by atoms with Crippen LogP contribution in [0.15, 0.2) is 0 Å². The Morgan fingerprint density at radius 3 is 2.28 bits per heavy atom. The molecule has 18 heavy (non-hydrogen) atoms. The van der Waals surface area contributed by atoms with Gasteiger partial charge in [0.25, 0.3) is 0 Å². The van der Waals surface area contributed by atoms with Crippen molar-refractivity contribution in [2.24, 2.45) is 11.7 Å². The van der Waals surface area contributed by atoms with Crippen LogP contribution >= 0.6 is 11.3 Å². The lowest BCUT2D eigenvalue weighted by Gasteiger charge is -2.24. The maximum absolute atomic E-state index is 5.88. The molecule has 2 rings (SSSR count). The Bertz CT molecular complexity index is 395. The Labute approximate surface area is 115 Å². The minimum Gasteiger partial charge on any atom is -0.326 e. The van der Waals surface area contributed by atoms with Crippen molar-refractivity contribution >= 4 is 11.3 Å². The summed E-state index contributed by atoms with van der Waals surface area (Å²) >= 11 is 1.86. The molecule has 2 N–H and O–H groups in total. The fourth-order valence-corrected chi connectivity index (χ4v) is 4.10. The number of nitrogens with two attached hydrogens (primary N) is 1. The highest BCUT2D eigenvalue weighted by molar-refractivity contribution is 7.11. The van der Waals surface area contributed by atoms with Crippen LogP contribution in [0.3, 0.4) is 0 Å². The predicted octanol–water partition coefficient (Wildman–Crippen LogP) is 4.19. The standard InChI is InChI=1S/C15H26N2S/c1-10-5-7-11(8-6-10)14-17-13(15(2,3)4)12(9-16)18-14/h10-11H,5-9,16H2,1-4H3. The van der Waals surface area contributed by atoms with Crippen molar-refractivity contribution in [1.82, 2.24) is 4.98 Å². The summed E-state index contributed by atoms with van der Waals surface area (Å²) in [5.41, 5.74) is 7.22. The smallest absolute Gasteiger partial charge is 0.0962 e. The van der Waals surface area contributed by atoms with Gasteiger partial charge in [0.15, 0.2) is 0 Å². The van der Waals surface area contributed by atoms with Crippen molar-refractivity contribution in [2.45, 2.75) is 71.3 Å². The average molecular weight is 266 g/mol. The summed E-state index contributed by atoms with van der Waals surface area (Å²) in [6.07, 6.45) is 5.32. The number of rotatable bonds is 2. The van der Waals surface area contributed by atoms with E-state index in [-0.39, 0.29) is 5.41 Å².